The molecule has 1 aromatic carbocycles. The molecular formula is C18H22N4O5. The molecule has 0 unspecified atom stereocenters. The zero-order chi connectivity index (χ0) is 18.9. The number of tetrazole rings is 1. The van der Waals surface area contributed by atoms with Crippen LogP contribution in [-0.4, -0.2) is 53.7 Å². The number of hydrogen-bond acceptors (Lipinski definition) is 8. The molecule has 0 spiro atoms. The van der Waals surface area contributed by atoms with Gasteiger partial charge in [0.1, 0.15) is 5.56 Å². The molecule has 0 aliphatic heterocycles. The van der Waals surface area contributed by atoms with Gasteiger partial charge in [0.25, 0.3) is 0 Å². The highest BCUT2D eigenvalue weighted by molar-refractivity contribution is 5.85. The first-order valence-corrected chi connectivity index (χ1v) is 8.88. The Hall–Kier alpha value is -2.78. The van der Waals surface area contributed by atoms with E-state index in [4.69, 9.17) is 18.6 Å². The van der Waals surface area contributed by atoms with Crippen molar-refractivity contribution < 1.29 is 18.6 Å². The highest BCUT2D eigenvalue weighted by Gasteiger charge is 2.14. The summed E-state index contributed by atoms with van der Waals surface area (Å²) in [7, 11) is 0. The van der Waals surface area contributed by atoms with Crippen LogP contribution in [0.3, 0.4) is 0 Å². The van der Waals surface area contributed by atoms with Crippen LogP contribution in [-0.2, 0) is 9.47 Å². The van der Waals surface area contributed by atoms with Gasteiger partial charge in [0.15, 0.2) is 11.3 Å². The van der Waals surface area contributed by atoms with Crippen LogP contribution in [0, 0.1) is 0 Å². The first-order valence-electron chi connectivity index (χ1n) is 8.88. The van der Waals surface area contributed by atoms with E-state index in [9.17, 15) is 4.79 Å². The molecule has 2 aromatic heterocycles. The van der Waals surface area contributed by atoms with Crippen LogP contribution in [0.1, 0.15) is 19.8 Å². The van der Waals surface area contributed by atoms with Crippen molar-refractivity contribution in [3.63, 3.8) is 0 Å². The molecule has 27 heavy (non-hydrogen) atoms. The highest BCUT2D eigenvalue weighted by Crippen LogP contribution is 2.26. The monoisotopic (exact) mass is 374 g/mol. The SMILES string of the molecule is CCOCCOCCCCOc1cccc2cc(-c3nn[nH]n3)c(=O)oc12. The molecule has 0 radical (unpaired) electrons. The van der Waals surface area contributed by atoms with E-state index in [0.29, 0.717) is 44.4 Å². The van der Waals surface area contributed by atoms with Crippen molar-refractivity contribution in [2.75, 3.05) is 33.0 Å². The minimum absolute atomic E-state index is 0.196. The van der Waals surface area contributed by atoms with Crippen molar-refractivity contribution in [2.24, 2.45) is 0 Å². The fourth-order valence-corrected chi connectivity index (χ4v) is 2.52. The van der Waals surface area contributed by atoms with E-state index in [1.807, 2.05) is 19.1 Å². The number of hydrogen-bond donors (Lipinski definition) is 1. The average molecular weight is 374 g/mol. The number of para-hydroxylation sites is 1. The lowest BCUT2D eigenvalue weighted by Gasteiger charge is -2.09. The zero-order valence-corrected chi connectivity index (χ0v) is 15.1. The summed E-state index contributed by atoms with van der Waals surface area (Å²) >= 11 is 0. The average Bonchev–Trinajstić information content (AvgIpc) is 3.21. The molecule has 9 nitrogen and oxygen atoms in total. The van der Waals surface area contributed by atoms with Gasteiger partial charge in [-0.1, -0.05) is 12.1 Å². The van der Waals surface area contributed by atoms with E-state index in [1.54, 1.807) is 12.1 Å². The Labute approximate surface area is 155 Å². The van der Waals surface area contributed by atoms with Crippen LogP contribution in [0.25, 0.3) is 22.4 Å². The first kappa shape index (κ1) is 19.0. The summed E-state index contributed by atoms with van der Waals surface area (Å²) in [5.74, 6) is 0.725. The van der Waals surface area contributed by atoms with Crippen LogP contribution in [0.15, 0.2) is 33.5 Å². The third kappa shape index (κ3) is 5.11. The maximum Gasteiger partial charge on any atom is 0.347 e. The molecule has 0 saturated heterocycles. The second-order valence-corrected chi connectivity index (χ2v) is 5.72. The van der Waals surface area contributed by atoms with Crippen molar-refractivity contribution in [1.82, 2.24) is 20.6 Å². The van der Waals surface area contributed by atoms with Gasteiger partial charge in [-0.15, -0.1) is 10.2 Å². The Kier molecular flexibility index (Phi) is 6.89. The lowest BCUT2D eigenvalue weighted by molar-refractivity contribution is 0.0504. The number of fused-ring (bicyclic) bond motifs is 1. The number of unbranched alkanes of at least 4 members (excludes halogenated alkanes) is 1. The summed E-state index contributed by atoms with van der Waals surface area (Å²) in [5, 5.41) is 14.2. The van der Waals surface area contributed by atoms with E-state index >= 15 is 0 Å². The summed E-state index contributed by atoms with van der Waals surface area (Å²) in [6.07, 6.45) is 1.71. The molecule has 0 amide bonds. The van der Waals surface area contributed by atoms with Crippen molar-refractivity contribution in [1.29, 1.82) is 0 Å². The van der Waals surface area contributed by atoms with Crippen LogP contribution < -0.4 is 10.4 Å². The molecule has 0 atom stereocenters. The molecule has 144 valence electrons. The molecular weight excluding hydrogens is 352 g/mol. The highest BCUT2D eigenvalue weighted by atomic mass is 16.5. The standard InChI is InChI=1S/C18H22N4O5/c1-2-24-10-11-25-8-3-4-9-26-15-7-5-6-13-12-14(17-19-21-22-20-17)18(23)27-16(13)15/h5-7,12H,2-4,8-11H2,1H3,(H,19,20,21,22). The Morgan fingerprint density at radius 3 is 2.78 bits per heavy atom. The number of H-pyrrole nitrogens is 1. The summed E-state index contributed by atoms with van der Waals surface area (Å²) in [6.45, 7) is 5.05. The van der Waals surface area contributed by atoms with Crippen molar-refractivity contribution in [3.05, 3.63) is 34.7 Å². The smallest absolute Gasteiger partial charge is 0.347 e. The van der Waals surface area contributed by atoms with Gasteiger partial charge >= 0.3 is 5.63 Å². The fourth-order valence-electron chi connectivity index (χ4n) is 2.52. The van der Waals surface area contributed by atoms with Gasteiger partial charge < -0.3 is 18.6 Å². The molecule has 3 aromatic rings. The van der Waals surface area contributed by atoms with Gasteiger partial charge in [-0.3, -0.25) is 0 Å². The Bertz CT molecular complexity index is 894. The predicted octanol–water partition coefficient (Wildman–Crippen LogP) is 2.19. The molecule has 0 bridgehead atoms. The normalized spacial score (nSPS) is 11.1. The molecule has 0 aliphatic rings. The van der Waals surface area contributed by atoms with Crippen LogP contribution >= 0.6 is 0 Å². The number of ether oxygens (including phenoxy) is 3. The molecule has 0 fully saturated rings. The summed E-state index contributed by atoms with van der Waals surface area (Å²) in [5.41, 5.74) is 0.114. The Morgan fingerprint density at radius 1 is 1.11 bits per heavy atom. The minimum Gasteiger partial charge on any atom is -0.490 e. The zero-order valence-electron chi connectivity index (χ0n) is 15.1. The number of aromatic nitrogens is 4. The fraction of sp³-hybridized carbons (Fsp3) is 0.444. The third-order valence-corrected chi connectivity index (χ3v) is 3.83. The molecule has 9 heteroatoms. The van der Waals surface area contributed by atoms with E-state index in [2.05, 4.69) is 20.6 Å². The quantitative estimate of drug-likeness (QED) is 0.401. The second kappa shape index (κ2) is 9.79. The number of rotatable bonds is 11. The van der Waals surface area contributed by atoms with E-state index < -0.39 is 5.63 Å². The molecule has 0 aliphatic carbocycles. The van der Waals surface area contributed by atoms with Crippen LogP contribution in [0.2, 0.25) is 0 Å². The van der Waals surface area contributed by atoms with Gasteiger partial charge in [-0.25, -0.2) is 4.79 Å². The molecule has 1 N–H and O–H groups in total. The van der Waals surface area contributed by atoms with Gasteiger partial charge in [-0.2, -0.15) is 5.21 Å². The lowest BCUT2D eigenvalue weighted by Crippen LogP contribution is -2.07. The predicted molar refractivity (Wildman–Crippen MR) is 97.7 cm³/mol. The van der Waals surface area contributed by atoms with Crippen molar-refractivity contribution >= 4 is 11.0 Å². The Morgan fingerprint density at radius 2 is 1.96 bits per heavy atom. The van der Waals surface area contributed by atoms with Crippen LogP contribution in [0.4, 0.5) is 0 Å². The minimum atomic E-state index is -0.539. The van der Waals surface area contributed by atoms with Crippen LogP contribution in [0.5, 0.6) is 5.75 Å². The largest absolute Gasteiger partial charge is 0.490 e. The number of aromatic amines is 1. The summed E-state index contributed by atoms with van der Waals surface area (Å²) < 4.78 is 21.9. The molecule has 3 rings (SSSR count). The number of nitrogens with one attached hydrogen (secondary N) is 1. The van der Waals surface area contributed by atoms with Gasteiger partial charge in [0.2, 0.25) is 5.82 Å². The number of nitrogens with zero attached hydrogens (tertiary/aromatic N) is 3. The van der Waals surface area contributed by atoms with Gasteiger partial charge in [-0.05, 0) is 37.1 Å². The first-order chi connectivity index (χ1) is 13.3. The van der Waals surface area contributed by atoms with E-state index in [0.717, 1.165) is 18.2 Å². The molecule has 2 heterocycles. The summed E-state index contributed by atoms with van der Waals surface area (Å²) in [6, 6.07) is 7.12. The van der Waals surface area contributed by atoms with Crippen molar-refractivity contribution in [3.8, 4) is 17.1 Å². The lowest BCUT2D eigenvalue weighted by atomic mass is 10.1. The topological polar surface area (TPSA) is 112 Å². The summed E-state index contributed by atoms with van der Waals surface area (Å²) in [4.78, 5) is 12.2. The molecule has 0 saturated carbocycles. The van der Waals surface area contributed by atoms with E-state index in [-0.39, 0.29) is 11.4 Å². The number of benzene rings is 1. The van der Waals surface area contributed by atoms with E-state index in [1.165, 1.54) is 0 Å². The maximum absolute atomic E-state index is 12.2. The second-order valence-electron chi connectivity index (χ2n) is 5.72. The Balaban J connectivity index is 1.56. The van der Waals surface area contributed by atoms with Gasteiger partial charge in [0, 0.05) is 18.6 Å². The van der Waals surface area contributed by atoms with Gasteiger partial charge in [0.05, 0.1) is 19.8 Å². The van der Waals surface area contributed by atoms with Crippen molar-refractivity contribution in [2.45, 2.75) is 19.8 Å². The maximum atomic E-state index is 12.2. The third-order valence-electron chi connectivity index (χ3n) is 3.83.